The van der Waals surface area contributed by atoms with E-state index < -0.39 is 11.9 Å². The number of hydrogen-bond donors (Lipinski definition) is 3. The molecule has 0 aliphatic carbocycles. The van der Waals surface area contributed by atoms with Crippen molar-refractivity contribution in [3.63, 3.8) is 0 Å². The molecule has 0 saturated carbocycles. The van der Waals surface area contributed by atoms with E-state index in [0.717, 1.165) is 0 Å². The second kappa shape index (κ2) is 9.10. The Kier molecular flexibility index (Phi) is 6.03. The minimum atomic E-state index is -1.06. The molecule has 10 heteroatoms. The summed E-state index contributed by atoms with van der Waals surface area (Å²) >= 11 is 0. The Hall–Kier alpha value is -4.99. The summed E-state index contributed by atoms with van der Waals surface area (Å²) in [7, 11) is 0. The number of aryl methyl sites for hydroxylation is 1. The summed E-state index contributed by atoms with van der Waals surface area (Å²) < 4.78 is 1.31. The van der Waals surface area contributed by atoms with Crippen molar-refractivity contribution in [1.29, 1.82) is 0 Å². The van der Waals surface area contributed by atoms with Crippen molar-refractivity contribution >= 4 is 35.3 Å². The highest BCUT2D eigenvalue weighted by Gasteiger charge is 2.28. The van der Waals surface area contributed by atoms with E-state index in [9.17, 15) is 19.2 Å². The molecule has 1 aromatic heterocycles. The summed E-state index contributed by atoms with van der Waals surface area (Å²) in [6.07, 6.45) is 4.72. The third-order valence-corrected chi connectivity index (χ3v) is 5.44. The van der Waals surface area contributed by atoms with Gasteiger partial charge in [0.05, 0.1) is 39.3 Å². The first-order chi connectivity index (χ1) is 16.7. The highest BCUT2D eigenvalue weighted by molar-refractivity contribution is 6.29. The summed E-state index contributed by atoms with van der Waals surface area (Å²) in [5.74, 6) is -2.50. The molecule has 0 radical (unpaired) electrons. The van der Waals surface area contributed by atoms with Crippen molar-refractivity contribution in [2.45, 2.75) is 13.8 Å². The standard InChI is InChI=1S/C25H20N4O6/c1-14-20(22(30)28(26-14)18-10-6-16(7-11-18)24(32)33)4-3-5-21-15(2)27-29(23(21)31)19-12-8-17(9-13-19)25(34)35/h3-13,26H,1-2H3,(H,32,33)(H,34,35)/b4-3+,21-5?. The maximum atomic E-state index is 12.9. The lowest BCUT2D eigenvalue weighted by atomic mass is 10.1. The smallest absolute Gasteiger partial charge is 0.335 e. The number of carboxylic acids is 2. The number of carbonyl (C=O) groups excluding carboxylic acids is 1. The van der Waals surface area contributed by atoms with Crippen LogP contribution in [0.25, 0.3) is 11.8 Å². The van der Waals surface area contributed by atoms with E-state index in [1.54, 1.807) is 32.1 Å². The Balaban J connectivity index is 1.56. The highest BCUT2D eigenvalue weighted by Crippen LogP contribution is 2.24. The molecule has 0 atom stereocenters. The average Bonchev–Trinajstić information content (AvgIpc) is 3.28. The summed E-state index contributed by atoms with van der Waals surface area (Å²) in [5.41, 5.74) is 2.59. The van der Waals surface area contributed by atoms with E-state index in [1.165, 1.54) is 58.2 Å². The summed E-state index contributed by atoms with van der Waals surface area (Å²) in [6, 6.07) is 11.7. The van der Waals surface area contributed by atoms with Gasteiger partial charge in [-0.15, -0.1) is 0 Å². The van der Waals surface area contributed by atoms with Crippen LogP contribution in [0.3, 0.4) is 0 Å². The number of hydrazone groups is 1. The number of benzene rings is 2. The van der Waals surface area contributed by atoms with Crippen LogP contribution in [0.1, 0.15) is 38.9 Å². The molecule has 0 spiro atoms. The summed E-state index contributed by atoms with van der Waals surface area (Å²) in [6.45, 7) is 3.41. The molecule has 1 amide bonds. The molecule has 176 valence electrons. The summed E-state index contributed by atoms with van der Waals surface area (Å²) in [4.78, 5) is 47.8. The lowest BCUT2D eigenvalue weighted by molar-refractivity contribution is -0.114. The SMILES string of the molecule is CC1=NN(c2ccc(C(=O)O)cc2)C(=O)C1=C/C=C/c1c(C)[nH]n(-c2ccc(C(=O)O)cc2)c1=O. The number of aromatic carboxylic acids is 2. The Morgan fingerprint density at radius 2 is 1.43 bits per heavy atom. The van der Waals surface area contributed by atoms with Gasteiger partial charge in [-0.1, -0.05) is 6.08 Å². The molecule has 2 heterocycles. The average molecular weight is 472 g/mol. The molecule has 0 saturated heterocycles. The maximum Gasteiger partial charge on any atom is 0.335 e. The summed E-state index contributed by atoms with van der Waals surface area (Å²) in [5, 5.41) is 26.5. The van der Waals surface area contributed by atoms with Crippen LogP contribution in [-0.4, -0.2) is 43.6 Å². The lowest BCUT2D eigenvalue weighted by Crippen LogP contribution is -2.21. The first kappa shape index (κ1) is 23.2. The van der Waals surface area contributed by atoms with Gasteiger partial charge in [0.25, 0.3) is 11.5 Å². The van der Waals surface area contributed by atoms with Crippen molar-refractivity contribution in [2.24, 2.45) is 5.10 Å². The van der Waals surface area contributed by atoms with Crippen molar-refractivity contribution in [1.82, 2.24) is 9.78 Å². The Morgan fingerprint density at radius 1 is 0.886 bits per heavy atom. The Bertz CT molecular complexity index is 1490. The molecular weight excluding hydrogens is 452 g/mol. The van der Waals surface area contributed by atoms with Gasteiger partial charge in [0.2, 0.25) is 0 Å². The van der Waals surface area contributed by atoms with E-state index in [1.807, 2.05) is 0 Å². The molecule has 0 fully saturated rings. The van der Waals surface area contributed by atoms with Crippen LogP contribution in [0.15, 0.2) is 76.2 Å². The number of nitrogens with one attached hydrogen (secondary N) is 1. The van der Waals surface area contributed by atoms with Crippen LogP contribution >= 0.6 is 0 Å². The number of amides is 1. The number of anilines is 1. The number of carboxylic acid groups (broad SMARTS) is 2. The number of H-pyrrole nitrogens is 1. The van der Waals surface area contributed by atoms with Gasteiger partial charge in [0.15, 0.2) is 0 Å². The molecule has 1 aliphatic rings. The van der Waals surface area contributed by atoms with Crippen LogP contribution in [0.5, 0.6) is 0 Å². The van der Waals surface area contributed by atoms with E-state index in [0.29, 0.717) is 33.9 Å². The zero-order valence-corrected chi connectivity index (χ0v) is 18.7. The quantitative estimate of drug-likeness (QED) is 0.470. The van der Waals surface area contributed by atoms with E-state index in [4.69, 9.17) is 10.2 Å². The topological polar surface area (TPSA) is 145 Å². The van der Waals surface area contributed by atoms with Gasteiger partial charge in [-0.25, -0.2) is 14.3 Å². The predicted octanol–water partition coefficient (Wildman–Crippen LogP) is 3.23. The Labute approximate surface area is 198 Å². The predicted molar refractivity (Wildman–Crippen MR) is 129 cm³/mol. The highest BCUT2D eigenvalue weighted by atomic mass is 16.4. The fourth-order valence-corrected chi connectivity index (χ4v) is 3.56. The van der Waals surface area contributed by atoms with Gasteiger partial charge in [-0.05, 0) is 74.5 Å². The zero-order chi connectivity index (χ0) is 25.3. The first-order valence-corrected chi connectivity index (χ1v) is 10.4. The molecule has 3 N–H and O–H groups in total. The Morgan fingerprint density at radius 3 is 1.97 bits per heavy atom. The van der Waals surface area contributed by atoms with Gasteiger partial charge >= 0.3 is 11.9 Å². The van der Waals surface area contributed by atoms with Gasteiger partial charge < -0.3 is 10.2 Å². The van der Waals surface area contributed by atoms with E-state index in [2.05, 4.69) is 10.2 Å². The monoisotopic (exact) mass is 472 g/mol. The fourth-order valence-electron chi connectivity index (χ4n) is 3.56. The number of aromatic nitrogens is 2. The fraction of sp³-hybridized carbons (Fsp3) is 0.0800. The number of rotatable bonds is 6. The van der Waals surface area contributed by atoms with Crippen molar-refractivity contribution < 1.29 is 24.6 Å². The first-order valence-electron chi connectivity index (χ1n) is 10.4. The molecule has 2 aromatic carbocycles. The van der Waals surface area contributed by atoms with Crippen LogP contribution < -0.4 is 10.6 Å². The van der Waals surface area contributed by atoms with Crippen LogP contribution in [0.4, 0.5) is 5.69 Å². The van der Waals surface area contributed by atoms with E-state index in [-0.39, 0.29) is 22.6 Å². The minimum absolute atomic E-state index is 0.102. The molecule has 1 aliphatic heterocycles. The van der Waals surface area contributed by atoms with Crippen molar-refractivity contribution in [2.75, 3.05) is 5.01 Å². The van der Waals surface area contributed by atoms with Crippen molar-refractivity contribution in [3.8, 4) is 5.69 Å². The molecule has 0 bridgehead atoms. The molecule has 0 unspecified atom stereocenters. The molecule has 35 heavy (non-hydrogen) atoms. The largest absolute Gasteiger partial charge is 0.478 e. The third-order valence-electron chi connectivity index (χ3n) is 5.44. The molecule has 3 aromatic rings. The van der Waals surface area contributed by atoms with Crippen LogP contribution in [-0.2, 0) is 4.79 Å². The molecular formula is C25H20N4O6. The normalized spacial score (nSPS) is 14.7. The number of aromatic amines is 1. The molecule has 4 rings (SSSR count). The van der Waals surface area contributed by atoms with Gasteiger partial charge in [-0.2, -0.15) is 10.1 Å². The van der Waals surface area contributed by atoms with Gasteiger partial charge in [-0.3, -0.25) is 14.7 Å². The van der Waals surface area contributed by atoms with E-state index >= 15 is 0 Å². The zero-order valence-electron chi connectivity index (χ0n) is 18.7. The number of hydrogen-bond acceptors (Lipinski definition) is 5. The maximum absolute atomic E-state index is 12.9. The van der Waals surface area contributed by atoms with Crippen LogP contribution in [0.2, 0.25) is 0 Å². The second-order valence-electron chi connectivity index (χ2n) is 7.74. The van der Waals surface area contributed by atoms with Crippen molar-refractivity contribution in [3.05, 3.63) is 99.0 Å². The number of carbonyl (C=O) groups is 3. The minimum Gasteiger partial charge on any atom is -0.478 e. The second-order valence-corrected chi connectivity index (χ2v) is 7.74. The lowest BCUT2D eigenvalue weighted by Gasteiger charge is -2.11. The van der Waals surface area contributed by atoms with Gasteiger partial charge in [0.1, 0.15) is 0 Å². The van der Waals surface area contributed by atoms with Gasteiger partial charge in [0, 0.05) is 5.69 Å². The van der Waals surface area contributed by atoms with Crippen LogP contribution in [0, 0.1) is 6.92 Å². The number of allylic oxidation sites excluding steroid dienone is 2. The third kappa shape index (κ3) is 4.44. The number of nitrogens with zero attached hydrogens (tertiary/aromatic N) is 3. The molecule has 10 nitrogen and oxygen atoms in total.